The maximum atomic E-state index is 5.92. The molecular weight excluding hydrogens is 292 g/mol. The minimum atomic E-state index is 0.335. The summed E-state index contributed by atoms with van der Waals surface area (Å²) in [6.07, 6.45) is 0. The number of halogens is 1. The molecule has 2 heterocycles. The van der Waals surface area contributed by atoms with Gasteiger partial charge in [-0.3, -0.25) is 5.32 Å². The number of thiazole rings is 1. The van der Waals surface area contributed by atoms with Crippen LogP contribution in [0.2, 0.25) is 5.02 Å². The van der Waals surface area contributed by atoms with Gasteiger partial charge in [-0.2, -0.15) is 0 Å². The van der Waals surface area contributed by atoms with Crippen molar-refractivity contribution in [2.45, 2.75) is 0 Å². The Kier molecular flexibility index (Phi) is 2.69. The van der Waals surface area contributed by atoms with E-state index in [1.807, 2.05) is 12.1 Å². The maximum absolute atomic E-state index is 5.92. The largest absolute Gasteiger partial charge is 0.334 e. The van der Waals surface area contributed by atoms with Gasteiger partial charge in [-0.25, -0.2) is 14.8 Å². The topological polar surface area (TPSA) is 84.5 Å². The lowest BCUT2D eigenvalue weighted by molar-refractivity contribution is 0.983. The zero-order chi connectivity index (χ0) is 12.7. The van der Waals surface area contributed by atoms with Gasteiger partial charge in [0.05, 0.1) is 10.2 Å². The molecule has 2 aromatic heterocycles. The Morgan fingerprint density at radius 1 is 1.50 bits per heavy atom. The van der Waals surface area contributed by atoms with Crippen LogP contribution < -0.4 is 11.2 Å². The summed E-state index contributed by atoms with van der Waals surface area (Å²) in [4.78, 5) is 4.39. The molecule has 3 rings (SSSR count). The minimum Gasteiger partial charge on any atom is -0.334 e. The van der Waals surface area contributed by atoms with E-state index in [1.54, 1.807) is 6.07 Å². The number of nitrogens with one attached hydrogen (secondary N) is 2. The van der Waals surface area contributed by atoms with Crippen LogP contribution in [0.4, 0.5) is 11.1 Å². The molecule has 0 bridgehead atoms. The van der Waals surface area contributed by atoms with Crippen LogP contribution in [0.25, 0.3) is 10.2 Å². The maximum Gasteiger partial charge on any atom is 0.248 e. The van der Waals surface area contributed by atoms with E-state index < -0.39 is 0 Å². The quantitative estimate of drug-likeness (QED) is 0.500. The van der Waals surface area contributed by atoms with Gasteiger partial charge in [0.2, 0.25) is 10.7 Å². The van der Waals surface area contributed by atoms with Crippen molar-refractivity contribution < 1.29 is 0 Å². The highest BCUT2D eigenvalue weighted by atomic mass is 35.5. The molecule has 0 radical (unpaired) electrons. The minimum absolute atomic E-state index is 0.335. The summed E-state index contributed by atoms with van der Waals surface area (Å²) in [5.41, 5.74) is 0.865. The monoisotopic (exact) mass is 298 g/mol. The van der Waals surface area contributed by atoms with Crippen molar-refractivity contribution in [2.24, 2.45) is 0 Å². The zero-order valence-corrected chi connectivity index (χ0v) is 11.2. The Morgan fingerprint density at radius 2 is 2.33 bits per heavy atom. The number of benzene rings is 1. The van der Waals surface area contributed by atoms with Crippen molar-refractivity contribution >= 4 is 56.5 Å². The number of H-pyrrole nitrogens is 1. The third-order valence-corrected chi connectivity index (χ3v) is 3.73. The molecule has 3 aromatic rings. The number of rotatable bonds is 2. The molecule has 9 heteroatoms. The molecular formula is C9H7ClN6S2. The van der Waals surface area contributed by atoms with Gasteiger partial charge in [0.1, 0.15) is 0 Å². The molecule has 0 unspecified atom stereocenters. The fourth-order valence-corrected chi connectivity index (χ4v) is 2.71. The number of hydrogen-bond acceptors (Lipinski definition) is 6. The Labute approximate surface area is 115 Å². The molecule has 0 aliphatic rings. The first kappa shape index (κ1) is 11.5. The number of nitrogens with zero attached hydrogens (tertiary/aromatic N) is 3. The highest BCUT2D eigenvalue weighted by Gasteiger charge is 2.08. The van der Waals surface area contributed by atoms with E-state index in [1.165, 1.54) is 16.0 Å². The van der Waals surface area contributed by atoms with Gasteiger partial charge < -0.3 is 5.84 Å². The lowest BCUT2D eigenvalue weighted by atomic mass is 10.3. The molecule has 18 heavy (non-hydrogen) atoms. The fourth-order valence-electron chi connectivity index (χ4n) is 1.44. The van der Waals surface area contributed by atoms with Gasteiger partial charge in [0.25, 0.3) is 0 Å². The Bertz CT molecular complexity index is 773. The second-order valence-electron chi connectivity index (χ2n) is 3.48. The fraction of sp³-hybridized carbons (Fsp3) is 0. The van der Waals surface area contributed by atoms with Crippen molar-refractivity contribution in [1.82, 2.24) is 19.9 Å². The number of nitrogens with two attached hydrogens (primary N) is 1. The van der Waals surface area contributed by atoms with Gasteiger partial charge in [-0.05, 0) is 30.4 Å². The third kappa shape index (κ3) is 1.94. The standard InChI is InChI=1S/C9H7ClN6S2/c10-4-1-2-5-6(3-4)18-8(12-5)13-7-14-15-9(17)16(7)11/h1-3H,11H2,(H,15,17)(H,12,13,14). The molecule has 0 amide bonds. The lowest BCUT2D eigenvalue weighted by Gasteiger charge is -1.98. The van der Waals surface area contributed by atoms with Crippen molar-refractivity contribution in [3.63, 3.8) is 0 Å². The van der Waals surface area contributed by atoms with E-state index >= 15 is 0 Å². The Morgan fingerprint density at radius 3 is 3.06 bits per heavy atom. The summed E-state index contributed by atoms with van der Waals surface area (Å²) in [5.74, 6) is 6.09. The molecule has 0 aliphatic heterocycles. The van der Waals surface area contributed by atoms with Crippen molar-refractivity contribution in [1.29, 1.82) is 0 Å². The molecule has 0 fully saturated rings. The molecule has 0 atom stereocenters. The number of aromatic amines is 1. The lowest BCUT2D eigenvalue weighted by Crippen LogP contribution is -2.11. The summed E-state index contributed by atoms with van der Waals surface area (Å²) in [5, 5.41) is 10.9. The average Bonchev–Trinajstić information content (AvgIpc) is 2.86. The van der Waals surface area contributed by atoms with E-state index in [0.717, 1.165) is 10.2 Å². The zero-order valence-electron chi connectivity index (χ0n) is 8.85. The van der Waals surface area contributed by atoms with Gasteiger partial charge in [0, 0.05) is 5.02 Å². The van der Waals surface area contributed by atoms with Crippen LogP contribution in [0.3, 0.4) is 0 Å². The molecule has 0 saturated carbocycles. The highest BCUT2D eigenvalue weighted by molar-refractivity contribution is 7.71. The van der Waals surface area contributed by atoms with Crippen molar-refractivity contribution in [3.8, 4) is 0 Å². The van der Waals surface area contributed by atoms with Crippen LogP contribution in [0, 0.1) is 4.77 Å². The number of fused-ring (bicyclic) bond motifs is 1. The van der Waals surface area contributed by atoms with E-state index in [-0.39, 0.29) is 0 Å². The summed E-state index contributed by atoms with van der Waals surface area (Å²) in [6.45, 7) is 0. The van der Waals surface area contributed by atoms with E-state index in [2.05, 4.69) is 20.5 Å². The predicted octanol–water partition coefficient (Wildman–Crippen LogP) is 2.66. The van der Waals surface area contributed by atoms with Gasteiger partial charge in [-0.15, -0.1) is 5.10 Å². The summed E-state index contributed by atoms with van der Waals surface area (Å²) >= 11 is 12.3. The SMILES string of the molecule is Nn1c(Nc2nc3ccc(Cl)cc3s2)n[nH]c1=S. The Hall–Kier alpha value is -1.64. The van der Waals surface area contributed by atoms with Crippen LogP contribution >= 0.6 is 35.2 Å². The first-order chi connectivity index (χ1) is 8.63. The molecule has 1 aromatic carbocycles. The van der Waals surface area contributed by atoms with Crippen LogP contribution in [-0.2, 0) is 0 Å². The Balaban J connectivity index is 2.00. The van der Waals surface area contributed by atoms with Gasteiger partial charge in [0.15, 0.2) is 5.13 Å². The highest BCUT2D eigenvalue weighted by Crippen LogP contribution is 2.29. The predicted molar refractivity (Wildman–Crippen MR) is 75.5 cm³/mol. The average molecular weight is 299 g/mol. The van der Waals surface area contributed by atoms with Crippen molar-refractivity contribution in [3.05, 3.63) is 28.0 Å². The summed E-state index contributed by atoms with van der Waals surface area (Å²) in [6, 6.07) is 5.52. The first-order valence-corrected chi connectivity index (χ1v) is 6.49. The molecule has 0 spiro atoms. The van der Waals surface area contributed by atoms with E-state index in [4.69, 9.17) is 29.7 Å². The van der Waals surface area contributed by atoms with E-state index in [0.29, 0.717) is 20.9 Å². The number of hydrogen-bond donors (Lipinski definition) is 3. The smallest absolute Gasteiger partial charge is 0.248 e. The van der Waals surface area contributed by atoms with E-state index in [9.17, 15) is 0 Å². The molecule has 4 N–H and O–H groups in total. The van der Waals surface area contributed by atoms with Crippen LogP contribution in [0.5, 0.6) is 0 Å². The molecule has 0 aliphatic carbocycles. The number of nitrogen functional groups attached to an aromatic ring is 1. The first-order valence-electron chi connectivity index (χ1n) is 4.89. The summed E-state index contributed by atoms with van der Waals surface area (Å²) in [7, 11) is 0. The second kappa shape index (κ2) is 4.23. The molecule has 92 valence electrons. The van der Waals surface area contributed by atoms with Gasteiger partial charge in [-0.1, -0.05) is 22.9 Å². The normalized spacial score (nSPS) is 10.9. The molecule has 6 nitrogen and oxygen atoms in total. The third-order valence-electron chi connectivity index (χ3n) is 2.27. The van der Waals surface area contributed by atoms with Crippen LogP contribution in [-0.4, -0.2) is 19.9 Å². The number of aromatic nitrogens is 4. The summed E-state index contributed by atoms with van der Waals surface area (Å²) < 4.78 is 2.57. The molecule has 0 saturated heterocycles. The number of anilines is 2. The van der Waals surface area contributed by atoms with Gasteiger partial charge >= 0.3 is 0 Å². The van der Waals surface area contributed by atoms with Crippen molar-refractivity contribution in [2.75, 3.05) is 11.2 Å². The second-order valence-corrected chi connectivity index (χ2v) is 5.33. The van der Waals surface area contributed by atoms with Crippen LogP contribution in [0.15, 0.2) is 18.2 Å². The van der Waals surface area contributed by atoms with Crippen LogP contribution in [0.1, 0.15) is 0 Å².